The quantitative estimate of drug-likeness (QED) is 0.865. The summed E-state index contributed by atoms with van der Waals surface area (Å²) in [6.45, 7) is 2.36. The Labute approximate surface area is 132 Å². The van der Waals surface area contributed by atoms with Gasteiger partial charge in [0, 0.05) is 13.7 Å². The molecule has 1 aromatic carbocycles. The lowest BCUT2D eigenvalue weighted by atomic mass is 9.66. The van der Waals surface area contributed by atoms with Crippen molar-refractivity contribution in [3.63, 3.8) is 0 Å². The van der Waals surface area contributed by atoms with Crippen molar-refractivity contribution in [2.75, 3.05) is 20.2 Å². The molecule has 2 fully saturated rings. The molecule has 0 amide bonds. The van der Waals surface area contributed by atoms with Crippen LogP contribution >= 0.6 is 12.4 Å². The zero-order valence-corrected chi connectivity index (χ0v) is 13.4. The van der Waals surface area contributed by atoms with E-state index in [1.54, 1.807) is 0 Å². The van der Waals surface area contributed by atoms with Crippen LogP contribution in [0.2, 0.25) is 0 Å². The molecule has 3 atom stereocenters. The van der Waals surface area contributed by atoms with Gasteiger partial charge in [0.05, 0.1) is 11.6 Å². The van der Waals surface area contributed by atoms with Gasteiger partial charge in [0.1, 0.15) is 5.75 Å². The molecule has 0 radical (unpaired) electrons. The molecule has 3 aliphatic rings. The van der Waals surface area contributed by atoms with E-state index < -0.39 is 0 Å². The van der Waals surface area contributed by atoms with E-state index in [1.165, 1.54) is 36.9 Å². The Kier molecular flexibility index (Phi) is 3.93. The molecule has 2 aliphatic heterocycles. The lowest BCUT2D eigenvalue weighted by molar-refractivity contribution is -0.0341. The predicted molar refractivity (Wildman–Crippen MR) is 85.1 cm³/mol. The highest BCUT2D eigenvalue weighted by atomic mass is 35.5. The average molecular weight is 310 g/mol. The minimum Gasteiger partial charge on any atom is -0.508 e. The fourth-order valence-corrected chi connectivity index (χ4v) is 4.98. The third kappa shape index (κ3) is 2.09. The van der Waals surface area contributed by atoms with Gasteiger partial charge in [-0.15, -0.1) is 12.4 Å². The Morgan fingerprint density at radius 2 is 2.10 bits per heavy atom. The summed E-state index contributed by atoms with van der Waals surface area (Å²) in [6.07, 6.45) is 6.30. The van der Waals surface area contributed by atoms with Crippen LogP contribution in [0, 0.1) is 5.92 Å². The second-order valence-electron chi connectivity index (χ2n) is 6.63. The molecule has 0 bridgehead atoms. The highest BCUT2D eigenvalue weighted by Gasteiger charge is 2.54. The van der Waals surface area contributed by atoms with Crippen molar-refractivity contribution in [2.24, 2.45) is 5.92 Å². The molecule has 4 heteroatoms. The minimum atomic E-state index is 0. The second kappa shape index (κ2) is 5.45. The van der Waals surface area contributed by atoms with E-state index in [2.05, 4.69) is 11.0 Å². The zero-order valence-electron chi connectivity index (χ0n) is 12.5. The number of fused-ring (bicyclic) bond motifs is 1. The molecule has 1 aromatic rings. The highest BCUT2D eigenvalue weighted by molar-refractivity contribution is 5.85. The zero-order chi connectivity index (χ0) is 13.7. The lowest BCUT2D eigenvalue weighted by Gasteiger charge is -2.51. The highest BCUT2D eigenvalue weighted by Crippen LogP contribution is 2.55. The topological polar surface area (TPSA) is 32.7 Å². The first kappa shape index (κ1) is 15.1. The summed E-state index contributed by atoms with van der Waals surface area (Å²) in [6, 6.07) is 5.99. The Hall–Kier alpha value is -0.770. The maximum atomic E-state index is 9.97. The van der Waals surface area contributed by atoms with Crippen LogP contribution in [0.3, 0.4) is 0 Å². The van der Waals surface area contributed by atoms with Gasteiger partial charge in [0.25, 0.3) is 0 Å². The van der Waals surface area contributed by atoms with Gasteiger partial charge in [-0.2, -0.15) is 0 Å². The van der Waals surface area contributed by atoms with E-state index in [0.29, 0.717) is 11.9 Å². The number of halogens is 1. The number of hydrogen-bond acceptors (Lipinski definition) is 3. The largest absolute Gasteiger partial charge is 0.508 e. The molecule has 0 aromatic heterocycles. The third-order valence-corrected chi connectivity index (χ3v) is 5.91. The molecule has 21 heavy (non-hydrogen) atoms. The number of rotatable bonds is 1. The van der Waals surface area contributed by atoms with Crippen LogP contribution in [-0.4, -0.2) is 36.3 Å². The Morgan fingerprint density at radius 3 is 2.90 bits per heavy atom. The van der Waals surface area contributed by atoms with Crippen LogP contribution in [0.25, 0.3) is 0 Å². The van der Waals surface area contributed by atoms with E-state index in [1.807, 2.05) is 19.2 Å². The Bertz CT molecular complexity index is 536. The second-order valence-corrected chi connectivity index (χ2v) is 6.63. The number of ether oxygens (including phenoxy) is 1. The first-order valence-electron chi connectivity index (χ1n) is 7.84. The first-order valence-corrected chi connectivity index (χ1v) is 7.84. The summed E-state index contributed by atoms with van der Waals surface area (Å²) in [5, 5.41) is 9.97. The monoisotopic (exact) mass is 309 g/mol. The molecule has 1 N–H and O–H groups in total. The van der Waals surface area contributed by atoms with Crippen LogP contribution < -0.4 is 0 Å². The third-order valence-electron chi connectivity index (χ3n) is 5.91. The van der Waals surface area contributed by atoms with Gasteiger partial charge in [-0.05, 0) is 67.8 Å². The van der Waals surface area contributed by atoms with Crippen molar-refractivity contribution in [3.05, 3.63) is 29.3 Å². The van der Waals surface area contributed by atoms with Crippen molar-refractivity contribution >= 4 is 12.4 Å². The number of phenols is 1. The molecule has 2 unspecified atom stereocenters. The summed E-state index contributed by atoms with van der Waals surface area (Å²) in [5.74, 6) is 1.14. The SMILES string of the molecule is CO[C@H]1CCC2CCN3CCc4ccc(O)cc4C23C1.Cl. The van der Waals surface area contributed by atoms with Crippen LogP contribution in [0.4, 0.5) is 0 Å². The van der Waals surface area contributed by atoms with Crippen LogP contribution in [0.1, 0.15) is 36.8 Å². The normalized spacial score (nSPS) is 34.5. The Balaban J connectivity index is 0.00000132. The number of nitrogens with zero attached hydrogens (tertiary/aromatic N) is 1. The lowest BCUT2D eigenvalue weighted by Crippen LogP contribution is -2.53. The molecule has 1 aliphatic carbocycles. The molecular weight excluding hydrogens is 286 g/mol. The molecule has 1 saturated carbocycles. The number of hydrogen-bond donors (Lipinski definition) is 1. The van der Waals surface area contributed by atoms with Crippen molar-refractivity contribution < 1.29 is 9.84 Å². The molecule has 4 rings (SSSR count). The van der Waals surface area contributed by atoms with Gasteiger partial charge in [0.2, 0.25) is 0 Å². The van der Waals surface area contributed by atoms with Gasteiger partial charge in [-0.25, -0.2) is 0 Å². The smallest absolute Gasteiger partial charge is 0.115 e. The average Bonchev–Trinajstić information content (AvgIpc) is 2.86. The van der Waals surface area contributed by atoms with Gasteiger partial charge >= 0.3 is 0 Å². The van der Waals surface area contributed by atoms with Crippen molar-refractivity contribution in [3.8, 4) is 5.75 Å². The summed E-state index contributed by atoms with van der Waals surface area (Å²) >= 11 is 0. The molecular formula is C17H24ClNO2. The number of benzene rings is 1. The maximum absolute atomic E-state index is 9.97. The van der Waals surface area contributed by atoms with Crippen molar-refractivity contribution in [2.45, 2.75) is 43.7 Å². The van der Waals surface area contributed by atoms with Crippen LogP contribution in [0.15, 0.2) is 18.2 Å². The summed E-state index contributed by atoms with van der Waals surface area (Å²) < 4.78 is 5.70. The maximum Gasteiger partial charge on any atom is 0.115 e. The minimum absolute atomic E-state index is 0. The predicted octanol–water partition coefficient (Wildman–Crippen LogP) is 3.09. The van der Waals surface area contributed by atoms with Gasteiger partial charge in [-0.1, -0.05) is 6.07 Å². The first-order chi connectivity index (χ1) is 9.74. The van der Waals surface area contributed by atoms with E-state index in [4.69, 9.17) is 4.74 Å². The number of aromatic hydroxyl groups is 1. The van der Waals surface area contributed by atoms with Crippen LogP contribution in [-0.2, 0) is 16.7 Å². The molecule has 1 saturated heterocycles. The molecule has 1 spiro atoms. The molecule has 3 nitrogen and oxygen atoms in total. The number of phenolic OH excluding ortho intramolecular Hbond substituents is 1. The Morgan fingerprint density at radius 1 is 1.24 bits per heavy atom. The van der Waals surface area contributed by atoms with Gasteiger partial charge < -0.3 is 9.84 Å². The number of methoxy groups -OCH3 is 1. The fraction of sp³-hybridized carbons (Fsp3) is 0.647. The van der Waals surface area contributed by atoms with E-state index in [-0.39, 0.29) is 17.9 Å². The molecule has 2 heterocycles. The summed E-state index contributed by atoms with van der Waals surface area (Å²) in [4.78, 5) is 2.67. The summed E-state index contributed by atoms with van der Waals surface area (Å²) in [5.41, 5.74) is 2.95. The van der Waals surface area contributed by atoms with E-state index >= 15 is 0 Å². The van der Waals surface area contributed by atoms with Crippen LogP contribution in [0.5, 0.6) is 5.75 Å². The summed E-state index contributed by atoms with van der Waals surface area (Å²) in [7, 11) is 1.84. The van der Waals surface area contributed by atoms with E-state index in [0.717, 1.165) is 25.3 Å². The van der Waals surface area contributed by atoms with Gasteiger partial charge in [-0.3, -0.25) is 4.90 Å². The fourth-order valence-electron chi connectivity index (χ4n) is 4.98. The van der Waals surface area contributed by atoms with Crippen molar-refractivity contribution in [1.82, 2.24) is 4.90 Å². The standard InChI is InChI=1S/C17H23NO2.ClH/c1-20-15-5-3-13-7-9-18-8-6-12-2-4-14(19)10-16(12)17(13,18)11-15;/h2,4,10,13,15,19H,3,5-9,11H2,1H3;1H/t13?,15-,17?;/m0./s1. The van der Waals surface area contributed by atoms with Crippen molar-refractivity contribution in [1.29, 1.82) is 0 Å². The molecule has 116 valence electrons. The van der Waals surface area contributed by atoms with Gasteiger partial charge in [0.15, 0.2) is 0 Å². The van der Waals surface area contributed by atoms with E-state index in [9.17, 15) is 5.11 Å².